The molecule has 12 heavy (non-hydrogen) atoms. The molecule has 0 amide bonds. The molecule has 0 heterocycles. The van der Waals surface area contributed by atoms with Gasteiger partial charge in [0.1, 0.15) is 6.29 Å². The van der Waals surface area contributed by atoms with Crippen molar-refractivity contribution in [2.75, 3.05) is 6.26 Å². The smallest absolute Gasteiger partial charge is 0.142 e. The average Bonchev–Trinajstić information content (AvgIpc) is 2.15. The van der Waals surface area contributed by atoms with Crippen molar-refractivity contribution in [2.45, 2.75) is 4.90 Å². The summed E-state index contributed by atoms with van der Waals surface area (Å²) in [4.78, 5) is 11.2. The molecule has 0 atom stereocenters. The Kier molecular flexibility index (Phi) is 3.61. The lowest BCUT2D eigenvalue weighted by atomic mass is 10.2. The highest BCUT2D eigenvalue weighted by molar-refractivity contribution is 7.98. The van der Waals surface area contributed by atoms with Gasteiger partial charge in [0.05, 0.1) is 0 Å². The van der Waals surface area contributed by atoms with Gasteiger partial charge in [-0.15, -0.1) is 11.8 Å². The van der Waals surface area contributed by atoms with Crippen molar-refractivity contribution in [2.24, 2.45) is 0 Å². The van der Waals surface area contributed by atoms with Crippen LogP contribution >= 0.6 is 11.8 Å². The van der Waals surface area contributed by atoms with Crippen LogP contribution in [-0.4, -0.2) is 12.5 Å². The fourth-order valence-corrected chi connectivity index (χ4v) is 1.27. The van der Waals surface area contributed by atoms with Crippen LogP contribution in [0, 0.1) is 0 Å². The molecule has 0 aliphatic rings. The maximum Gasteiger partial charge on any atom is 0.142 e. The van der Waals surface area contributed by atoms with E-state index in [1.54, 1.807) is 17.8 Å². The van der Waals surface area contributed by atoms with Crippen LogP contribution in [0.25, 0.3) is 6.08 Å². The van der Waals surface area contributed by atoms with Crippen molar-refractivity contribution < 1.29 is 4.79 Å². The van der Waals surface area contributed by atoms with Crippen LogP contribution in [0.1, 0.15) is 5.56 Å². The monoisotopic (exact) mass is 178 g/mol. The fraction of sp³-hybridized carbons (Fsp3) is 0.100. The lowest BCUT2D eigenvalue weighted by molar-refractivity contribution is -0.104. The summed E-state index contributed by atoms with van der Waals surface area (Å²) in [6.07, 6.45) is 6.10. The Morgan fingerprint density at radius 3 is 2.42 bits per heavy atom. The molecule has 0 spiro atoms. The van der Waals surface area contributed by atoms with Crippen molar-refractivity contribution in [1.82, 2.24) is 0 Å². The molecule has 0 fully saturated rings. The third-order valence-electron chi connectivity index (χ3n) is 1.48. The summed E-state index contributed by atoms with van der Waals surface area (Å²) in [5, 5.41) is 0. The van der Waals surface area contributed by atoms with Gasteiger partial charge in [-0.25, -0.2) is 0 Å². The van der Waals surface area contributed by atoms with E-state index in [-0.39, 0.29) is 0 Å². The summed E-state index contributed by atoms with van der Waals surface area (Å²) in [6, 6.07) is 8.06. The molecule has 0 radical (unpaired) electrons. The van der Waals surface area contributed by atoms with Crippen LogP contribution in [0.2, 0.25) is 0 Å². The minimum atomic E-state index is 0.780. The number of benzene rings is 1. The van der Waals surface area contributed by atoms with Gasteiger partial charge in [-0.2, -0.15) is 0 Å². The third-order valence-corrected chi connectivity index (χ3v) is 2.23. The number of thioether (sulfide) groups is 1. The van der Waals surface area contributed by atoms with Gasteiger partial charge < -0.3 is 0 Å². The Labute approximate surface area is 76.5 Å². The van der Waals surface area contributed by atoms with Crippen LogP contribution in [0.3, 0.4) is 0 Å². The number of carbonyl (C=O) groups excluding carboxylic acids is 1. The Bertz CT molecular complexity index is 274. The van der Waals surface area contributed by atoms with Gasteiger partial charge in [-0.1, -0.05) is 18.2 Å². The second kappa shape index (κ2) is 4.78. The van der Waals surface area contributed by atoms with E-state index in [9.17, 15) is 4.79 Å². The minimum absolute atomic E-state index is 0.780. The zero-order valence-electron chi connectivity index (χ0n) is 6.86. The lowest BCUT2D eigenvalue weighted by Gasteiger charge is -1.95. The number of rotatable bonds is 3. The van der Waals surface area contributed by atoms with Crippen LogP contribution < -0.4 is 0 Å². The average molecular weight is 178 g/mol. The Hall–Kier alpha value is -1.02. The largest absolute Gasteiger partial charge is 0.299 e. The van der Waals surface area contributed by atoms with Crippen molar-refractivity contribution >= 4 is 24.1 Å². The Morgan fingerprint density at radius 1 is 1.25 bits per heavy atom. The maximum atomic E-state index is 10.0. The van der Waals surface area contributed by atoms with E-state index in [2.05, 4.69) is 0 Å². The summed E-state index contributed by atoms with van der Waals surface area (Å²) in [7, 11) is 0. The van der Waals surface area contributed by atoms with Crippen molar-refractivity contribution in [3.63, 3.8) is 0 Å². The third kappa shape index (κ3) is 2.55. The highest BCUT2D eigenvalue weighted by Crippen LogP contribution is 2.15. The molecule has 2 heteroatoms. The quantitative estimate of drug-likeness (QED) is 0.402. The van der Waals surface area contributed by atoms with Crippen LogP contribution in [-0.2, 0) is 4.79 Å². The van der Waals surface area contributed by atoms with E-state index >= 15 is 0 Å². The molecule has 0 saturated carbocycles. The van der Waals surface area contributed by atoms with E-state index in [0.717, 1.165) is 11.8 Å². The SMILES string of the molecule is CSc1ccc(C=CC=O)cc1. The van der Waals surface area contributed by atoms with E-state index in [4.69, 9.17) is 0 Å². The predicted molar refractivity (Wildman–Crippen MR) is 53.3 cm³/mol. The van der Waals surface area contributed by atoms with Crippen LogP contribution in [0.15, 0.2) is 35.2 Å². The zero-order valence-corrected chi connectivity index (χ0v) is 7.67. The van der Waals surface area contributed by atoms with Gasteiger partial charge in [0, 0.05) is 4.90 Å². The number of hydrogen-bond acceptors (Lipinski definition) is 2. The molecule has 0 aliphatic heterocycles. The second-order valence-corrected chi connectivity index (χ2v) is 3.15. The normalized spacial score (nSPS) is 10.4. The van der Waals surface area contributed by atoms with E-state index in [1.807, 2.05) is 30.5 Å². The molecular weight excluding hydrogens is 168 g/mol. The first-order chi connectivity index (χ1) is 5.86. The van der Waals surface area contributed by atoms with Gasteiger partial charge in [-0.3, -0.25) is 4.79 Å². The molecule has 0 aliphatic carbocycles. The number of carbonyl (C=O) groups is 1. The van der Waals surface area contributed by atoms with Crippen molar-refractivity contribution in [3.05, 3.63) is 35.9 Å². The van der Waals surface area contributed by atoms with Crippen molar-refractivity contribution in [1.29, 1.82) is 0 Å². The van der Waals surface area contributed by atoms with Crippen molar-refractivity contribution in [3.8, 4) is 0 Å². The maximum absolute atomic E-state index is 10.0. The topological polar surface area (TPSA) is 17.1 Å². The van der Waals surface area contributed by atoms with Gasteiger partial charge in [-0.05, 0) is 30.0 Å². The van der Waals surface area contributed by atoms with Crippen LogP contribution in [0.4, 0.5) is 0 Å². The standard InChI is InChI=1S/C10H10OS/c1-12-10-6-4-9(5-7-10)3-2-8-11/h2-8H,1H3. The summed E-state index contributed by atoms with van der Waals surface area (Å²) in [5.41, 5.74) is 1.06. The van der Waals surface area contributed by atoms with Gasteiger partial charge in [0.2, 0.25) is 0 Å². The van der Waals surface area contributed by atoms with E-state index in [0.29, 0.717) is 0 Å². The molecule has 0 saturated heterocycles. The summed E-state index contributed by atoms with van der Waals surface area (Å²) in [6.45, 7) is 0. The summed E-state index contributed by atoms with van der Waals surface area (Å²) >= 11 is 1.71. The molecule has 1 aromatic rings. The molecule has 0 N–H and O–H groups in total. The highest BCUT2D eigenvalue weighted by atomic mass is 32.2. The number of aldehydes is 1. The minimum Gasteiger partial charge on any atom is -0.299 e. The van der Waals surface area contributed by atoms with E-state index < -0.39 is 0 Å². The molecular formula is C10H10OS. The highest BCUT2D eigenvalue weighted by Gasteiger charge is 1.88. The van der Waals surface area contributed by atoms with Gasteiger partial charge in [0.25, 0.3) is 0 Å². The zero-order chi connectivity index (χ0) is 8.81. The second-order valence-electron chi connectivity index (χ2n) is 2.27. The molecule has 1 rings (SSSR count). The first-order valence-corrected chi connectivity index (χ1v) is 4.85. The van der Waals surface area contributed by atoms with Gasteiger partial charge >= 0.3 is 0 Å². The van der Waals surface area contributed by atoms with Crippen LogP contribution in [0.5, 0.6) is 0 Å². The molecule has 0 unspecified atom stereocenters. The fourth-order valence-electron chi connectivity index (χ4n) is 0.865. The summed E-state index contributed by atoms with van der Waals surface area (Å²) in [5.74, 6) is 0. The Morgan fingerprint density at radius 2 is 1.92 bits per heavy atom. The number of allylic oxidation sites excluding steroid dienone is 1. The molecule has 0 aromatic heterocycles. The summed E-state index contributed by atoms with van der Waals surface area (Å²) < 4.78 is 0. The predicted octanol–water partition coefficient (Wildman–Crippen LogP) is 2.62. The number of hydrogen-bond donors (Lipinski definition) is 0. The lowest BCUT2D eigenvalue weighted by Crippen LogP contribution is -1.72. The molecule has 0 bridgehead atoms. The Balaban J connectivity index is 2.77. The van der Waals surface area contributed by atoms with E-state index in [1.165, 1.54) is 11.0 Å². The molecule has 1 aromatic carbocycles. The molecule has 1 nitrogen and oxygen atoms in total. The first kappa shape index (κ1) is 9.07. The molecule has 62 valence electrons. The first-order valence-electron chi connectivity index (χ1n) is 3.62. The van der Waals surface area contributed by atoms with Gasteiger partial charge in [0.15, 0.2) is 0 Å².